The van der Waals surface area contributed by atoms with Crippen molar-refractivity contribution in [2.45, 2.75) is 38.1 Å². The van der Waals surface area contributed by atoms with Gasteiger partial charge in [-0.3, -0.25) is 4.79 Å². The van der Waals surface area contributed by atoms with E-state index in [1.165, 1.54) is 16.6 Å². The number of rotatable bonds is 8. The number of thiophene rings is 1. The Kier molecular flexibility index (Phi) is 6.40. The Bertz CT molecular complexity index is 817. The van der Waals surface area contributed by atoms with E-state index < -0.39 is 0 Å². The van der Waals surface area contributed by atoms with Crippen molar-refractivity contribution in [2.24, 2.45) is 0 Å². The molecule has 1 aromatic carbocycles. The maximum atomic E-state index is 12.7. The number of aromatic nitrogens is 4. The quantitative estimate of drug-likeness (QED) is 0.555. The lowest BCUT2D eigenvalue weighted by Gasteiger charge is -2.26. The molecule has 0 spiro atoms. The second-order valence-electron chi connectivity index (χ2n) is 6.09. The Hall–Kier alpha value is -2.19. The second kappa shape index (κ2) is 8.95. The number of hydrogen-bond acceptors (Lipinski definition) is 6. The third-order valence-corrected chi connectivity index (χ3v) is 5.65. The molecule has 0 saturated carbocycles. The molecule has 0 radical (unpaired) electrons. The number of nitrogens with zero attached hydrogens (tertiary/aromatic N) is 5. The summed E-state index contributed by atoms with van der Waals surface area (Å²) in [5, 5.41) is 14.5. The first-order chi connectivity index (χ1) is 12.6. The molecule has 1 amide bonds. The van der Waals surface area contributed by atoms with Gasteiger partial charge in [-0.25, -0.2) is 4.68 Å². The minimum absolute atomic E-state index is 0.0829. The standard InChI is InChI=1S/C18H21N5OS2/c1-14(2)22(11-15-7-4-3-5-8-15)17(24)13-26-18-19-20-21-23(18)12-16-9-6-10-25-16/h3-10,14H,11-13H2,1-2H3. The van der Waals surface area contributed by atoms with Gasteiger partial charge >= 0.3 is 0 Å². The summed E-state index contributed by atoms with van der Waals surface area (Å²) in [5.41, 5.74) is 1.13. The van der Waals surface area contributed by atoms with E-state index in [0.717, 1.165) is 5.56 Å². The summed E-state index contributed by atoms with van der Waals surface area (Å²) < 4.78 is 1.74. The predicted octanol–water partition coefficient (Wildman–Crippen LogP) is 3.31. The molecule has 0 saturated heterocycles. The molecular weight excluding hydrogens is 366 g/mol. The molecule has 0 unspecified atom stereocenters. The predicted molar refractivity (Wildman–Crippen MR) is 104 cm³/mol. The molecule has 2 aromatic heterocycles. The van der Waals surface area contributed by atoms with Gasteiger partial charge in [0.25, 0.3) is 0 Å². The zero-order valence-corrected chi connectivity index (χ0v) is 16.4. The summed E-state index contributed by atoms with van der Waals surface area (Å²) in [7, 11) is 0. The zero-order valence-electron chi connectivity index (χ0n) is 14.8. The lowest BCUT2D eigenvalue weighted by molar-refractivity contribution is -0.130. The highest BCUT2D eigenvalue weighted by molar-refractivity contribution is 7.99. The van der Waals surface area contributed by atoms with Crippen LogP contribution in [0, 0.1) is 0 Å². The van der Waals surface area contributed by atoms with Gasteiger partial charge in [-0.05, 0) is 41.3 Å². The maximum Gasteiger partial charge on any atom is 0.233 e. The van der Waals surface area contributed by atoms with E-state index in [-0.39, 0.29) is 11.9 Å². The van der Waals surface area contributed by atoms with Gasteiger partial charge in [0.05, 0.1) is 12.3 Å². The van der Waals surface area contributed by atoms with Gasteiger partial charge in [-0.2, -0.15) is 0 Å². The molecular formula is C18H21N5OS2. The minimum Gasteiger partial charge on any atom is -0.335 e. The molecule has 8 heteroatoms. The highest BCUT2D eigenvalue weighted by Gasteiger charge is 2.19. The number of benzene rings is 1. The molecule has 3 aromatic rings. The van der Waals surface area contributed by atoms with Crippen LogP contribution in [0.25, 0.3) is 0 Å². The lowest BCUT2D eigenvalue weighted by Crippen LogP contribution is -2.37. The van der Waals surface area contributed by atoms with Crippen molar-refractivity contribution in [3.63, 3.8) is 0 Å². The van der Waals surface area contributed by atoms with Crippen molar-refractivity contribution in [3.05, 3.63) is 58.3 Å². The summed E-state index contributed by atoms with van der Waals surface area (Å²) in [6.45, 7) is 5.30. The summed E-state index contributed by atoms with van der Waals surface area (Å²) in [5.74, 6) is 0.398. The number of hydrogen-bond donors (Lipinski definition) is 0. The molecule has 0 aliphatic carbocycles. The molecule has 0 bridgehead atoms. The van der Waals surface area contributed by atoms with E-state index in [1.807, 2.05) is 66.6 Å². The summed E-state index contributed by atoms with van der Waals surface area (Å²) in [4.78, 5) is 15.8. The molecule has 2 heterocycles. The van der Waals surface area contributed by atoms with Crippen LogP contribution in [-0.4, -0.2) is 42.8 Å². The van der Waals surface area contributed by atoms with Gasteiger partial charge in [0, 0.05) is 17.5 Å². The topological polar surface area (TPSA) is 63.9 Å². The normalized spacial score (nSPS) is 11.0. The van der Waals surface area contributed by atoms with Crippen molar-refractivity contribution >= 4 is 29.0 Å². The number of amides is 1. The maximum absolute atomic E-state index is 12.7. The van der Waals surface area contributed by atoms with Gasteiger partial charge in [0.1, 0.15) is 0 Å². The fraction of sp³-hybridized carbons (Fsp3) is 0.333. The van der Waals surface area contributed by atoms with Crippen molar-refractivity contribution in [2.75, 3.05) is 5.75 Å². The Morgan fingerprint density at radius 2 is 2.04 bits per heavy atom. The fourth-order valence-electron chi connectivity index (χ4n) is 2.50. The molecule has 3 rings (SSSR count). The fourth-order valence-corrected chi connectivity index (χ4v) is 3.95. The smallest absolute Gasteiger partial charge is 0.233 e. The van der Waals surface area contributed by atoms with Gasteiger partial charge in [-0.15, -0.1) is 16.4 Å². The first-order valence-electron chi connectivity index (χ1n) is 8.38. The number of thioether (sulfide) groups is 1. The Morgan fingerprint density at radius 1 is 1.23 bits per heavy atom. The average molecular weight is 388 g/mol. The number of tetrazole rings is 1. The van der Waals surface area contributed by atoms with Crippen molar-refractivity contribution in [1.29, 1.82) is 0 Å². The van der Waals surface area contributed by atoms with Crippen LogP contribution in [0.3, 0.4) is 0 Å². The molecule has 0 fully saturated rings. The van der Waals surface area contributed by atoms with Crippen LogP contribution in [0.5, 0.6) is 0 Å². The lowest BCUT2D eigenvalue weighted by atomic mass is 10.2. The van der Waals surface area contributed by atoms with Gasteiger partial charge in [0.2, 0.25) is 11.1 Å². The molecule has 0 atom stereocenters. The van der Waals surface area contributed by atoms with E-state index in [9.17, 15) is 4.79 Å². The van der Waals surface area contributed by atoms with Gasteiger partial charge in [-0.1, -0.05) is 48.2 Å². The molecule has 0 N–H and O–H groups in total. The zero-order chi connectivity index (χ0) is 18.4. The van der Waals surface area contributed by atoms with Crippen LogP contribution >= 0.6 is 23.1 Å². The van der Waals surface area contributed by atoms with E-state index in [4.69, 9.17) is 0 Å². The van der Waals surface area contributed by atoms with E-state index in [0.29, 0.717) is 24.0 Å². The van der Waals surface area contributed by atoms with Crippen molar-refractivity contribution in [3.8, 4) is 0 Å². The third kappa shape index (κ3) is 4.92. The van der Waals surface area contributed by atoms with E-state index in [1.54, 1.807) is 16.0 Å². The van der Waals surface area contributed by atoms with Crippen LogP contribution in [0.4, 0.5) is 0 Å². The summed E-state index contributed by atoms with van der Waals surface area (Å²) in [6.07, 6.45) is 0. The first kappa shape index (κ1) is 18.6. The number of carbonyl (C=O) groups excluding carboxylic acids is 1. The third-order valence-electron chi connectivity index (χ3n) is 3.85. The van der Waals surface area contributed by atoms with Crippen LogP contribution in [0.1, 0.15) is 24.3 Å². The molecule has 26 heavy (non-hydrogen) atoms. The highest BCUT2D eigenvalue weighted by atomic mass is 32.2. The highest BCUT2D eigenvalue weighted by Crippen LogP contribution is 2.19. The van der Waals surface area contributed by atoms with Crippen LogP contribution < -0.4 is 0 Å². The van der Waals surface area contributed by atoms with Crippen molar-refractivity contribution < 1.29 is 4.79 Å². The summed E-state index contributed by atoms with van der Waals surface area (Å²) in [6, 6.07) is 14.2. The van der Waals surface area contributed by atoms with E-state index >= 15 is 0 Å². The minimum atomic E-state index is 0.0829. The second-order valence-corrected chi connectivity index (χ2v) is 8.06. The van der Waals surface area contributed by atoms with Crippen LogP contribution in [0.2, 0.25) is 0 Å². The Morgan fingerprint density at radius 3 is 2.73 bits per heavy atom. The van der Waals surface area contributed by atoms with E-state index in [2.05, 4.69) is 15.5 Å². The van der Waals surface area contributed by atoms with Crippen molar-refractivity contribution in [1.82, 2.24) is 25.1 Å². The largest absolute Gasteiger partial charge is 0.335 e. The molecule has 0 aliphatic heterocycles. The Balaban J connectivity index is 1.61. The van der Waals surface area contributed by atoms with Gasteiger partial charge < -0.3 is 4.90 Å². The average Bonchev–Trinajstić information content (AvgIpc) is 3.31. The molecule has 0 aliphatic rings. The summed E-state index contributed by atoms with van der Waals surface area (Å²) >= 11 is 3.04. The first-order valence-corrected chi connectivity index (χ1v) is 10.2. The monoisotopic (exact) mass is 387 g/mol. The molecule has 136 valence electrons. The number of carbonyl (C=O) groups is 1. The SMILES string of the molecule is CC(C)N(Cc1ccccc1)C(=O)CSc1nnnn1Cc1cccs1. The van der Waals surface area contributed by atoms with Gasteiger partial charge in [0.15, 0.2) is 0 Å². The van der Waals surface area contributed by atoms with Crippen LogP contribution in [0.15, 0.2) is 53.0 Å². The molecule has 6 nitrogen and oxygen atoms in total. The van der Waals surface area contributed by atoms with Crippen LogP contribution in [-0.2, 0) is 17.9 Å². The Labute approximate surface area is 161 Å².